The number of hydrogen-bond donors (Lipinski definition) is 1. The number of carbonyl (C=O) groups is 1. The van der Waals surface area contributed by atoms with Gasteiger partial charge in [0, 0.05) is 0 Å². The van der Waals surface area contributed by atoms with E-state index in [1.807, 2.05) is 62.4 Å². The molecule has 1 N–H and O–H groups in total. The number of hydrazone groups is 1. The molecule has 0 spiro atoms. The Kier molecular flexibility index (Phi) is 6.37. The quantitative estimate of drug-likeness (QED) is 0.627. The summed E-state index contributed by atoms with van der Waals surface area (Å²) in [7, 11) is 1.62. The summed E-state index contributed by atoms with van der Waals surface area (Å²) in [5, 5.41) is 4.19. The molecule has 5 nitrogen and oxygen atoms in total. The highest BCUT2D eigenvalue weighted by Gasteiger charge is 2.05. The van der Waals surface area contributed by atoms with Crippen molar-refractivity contribution >= 4 is 11.6 Å². The Morgan fingerprint density at radius 1 is 1.12 bits per heavy atom. The molecular formula is C19H22N2O3. The molecule has 2 aromatic rings. The summed E-state index contributed by atoms with van der Waals surface area (Å²) in [5.41, 5.74) is 5.36. The molecule has 0 atom stereocenters. The molecule has 0 aliphatic rings. The monoisotopic (exact) mass is 326 g/mol. The van der Waals surface area contributed by atoms with Crippen LogP contribution in [0.15, 0.2) is 53.6 Å². The summed E-state index contributed by atoms with van der Waals surface area (Å²) in [4.78, 5) is 11.9. The molecule has 0 unspecified atom stereocenters. The molecule has 24 heavy (non-hydrogen) atoms. The molecule has 0 aliphatic carbocycles. The Morgan fingerprint density at radius 2 is 1.88 bits per heavy atom. The zero-order chi connectivity index (χ0) is 17.4. The molecule has 2 aromatic carbocycles. The normalized spacial score (nSPS) is 11.0. The van der Waals surface area contributed by atoms with Gasteiger partial charge in [0.15, 0.2) is 6.61 Å². The van der Waals surface area contributed by atoms with E-state index in [9.17, 15) is 4.79 Å². The molecule has 5 heteroatoms. The predicted octanol–water partition coefficient (Wildman–Crippen LogP) is 3.31. The van der Waals surface area contributed by atoms with Gasteiger partial charge in [0.25, 0.3) is 5.91 Å². The van der Waals surface area contributed by atoms with Gasteiger partial charge in [-0.25, -0.2) is 5.43 Å². The van der Waals surface area contributed by atoms with E-state index in [-0.39, 0.29) is 12.5 Å². The number of ether oxygens (including phenoxy) is 2. The first-order valence-corrected chi connectivity index (χ1v) is 7.81. The smallest absolute Gasteiger partial charge is 0.277 e. The highest BCUT2D eigenvalue weighted by atomic mass is 16.5. The Balaban J connectivity index is 1.92. The van der Waals surface area contributed by atoms with Gasteiger partial charge < -0.3 is 9.47 Å². The first-order valence-electron chi connectivity index (χ1n) is 7.81. The Bertz CT molecular complexity index is 709. The minimum atomic E-state index is -0.295. The van der Waals surface area contributed by atoms with E-state index in [4.69, 9.17) is 9.47 Å². The van der Waals surface area contributed by atoms with E-state index < -0.39 is 0 Å². The molecule has 0 radical (unpaired) electrons. The number of nitrogens with one attached hydrogen (secondary N) is 1. The number of benzene rings is 2. The fourth-order valence-corrected chi connectivity index (χ4v) is 2.15. The van der Waals surface area contributed by atoms with Crippen LogP contribution in [-0.2, 0) is 4.79 Å². The third kappa shape index (κ3) is 5.12. The molecule has 0 bridgehead atoms. The lowest BCUT2D eigenvalue weighted by Crippen LogP contribution is -2.26. The zero-order valence-corrected chi connectivity index (χ0v) is 14.2. The third-order valence-electron chi connectivity index (χ3n) is 3.43. The highest BCUT2D eigenvalue weighted by Crippen LogP contribution is 2.13. The van der Waals surface area contributed by atoms with Crippen LogP contribution in [0.5, 0.6) is 11.5 Å². The van der Waals surface area contributed by atoms with Crippen molar-refractivity contribution in [2.24, 2.45) is 5.10 Å². The van der Waals surface area contributed by atoms with Crippen molar-refractivity contribution in [3.63, 3.8) is 0 Å². The minimum absolute atomic E-state index is 0.0768. The average molecular weight is 326 g/mol. The minimum Gasteiger partial charge on any atom is -0.497 e. The fourth-order valence-electron chi connectivity index (χ4n) is 2.15. The molecule has 0 saturated heterocycles. The van der Waals surface area contributed by atoms with E-state index in [2.05, 4.69) is 10.5 Å². The van der Waals surface area contributed by atoms with Crippen LogP contribution in [0.25, 0.3) is 0 Å². The van der Waals surface area contributed by atoms with Gasteiger partial charge in [-0.05, 0) is 60.9 Å². The van der Waals surface area contributed by atoms with E-state index in [1.54, 1.807) is 7.11 Å². The summed E-state index contributed by atoms with van der Waals surface area (Å²) >= 11 is 0. The van der Waals surface area contributed by atoms with E-state index in [0.29, 0.717) is 12.2 Å². The van der Waals surface area contributed by atoms with Crippen LogP contribution in [0.4, 0.5) is 0 Å². The van der Waals surface area contributed by atoms with Crippen LogP contribution >= 0.6 is 0 Å². The maximum absolute atomic E-state index is 11.9. The van der Waals surface area contributed by atoms with E-state index in [1.165, 1.54) is 0 Å². The van der Waals surface area contributed by atoms with E-state index in [0.717, 1.165) is 22.6 Å². The molecule has 126 valence electrons. The number of aryl methyl sites for hydroxylation is 1. The first kappa shape index (κ1) is 17.5. The molecular weight excluding hydrogens is 304 g/mol. The summed E-state index contributed by atoms with van der Waals surface area (Å²) < 4.78 is 10.6. The van der Waals surface area contributed by atoms with Crippen molar-refractivity contribution in [2.45, 2.75) is 20.3 Å². The van der Waals surface area contributed by atoms with Crippen molar-refractivity contribution in [2.75, 3.05) is 13.7 Å². The number of rotatable bonds is 7. The Hall–Kier alpha value is -2.82. The topological polar surface area (TPSA) is 59.9 Å². The van der Waals surface area contributed by atoms with Crippen molar-refractivity contribution in [1.82, 2.24) is 5.43 Å². The number of nitrogens with zero attached hydrogens (tertiary/aromatic N) is 1. The molecule has 0 aromatic heterocycles. The maximum atomic E-state index is 11.9. The highest BCUT2D eigenvalue weighted by molar-refractivity contribution is 6.01. The van der Waals surface area contributed by atoms with Gasteiger partial charge in [0.05, 0.1) is 12.8 Å². The van der Waals surface area contributed by atoms with Crippen LogP contribution in [-0.4, -0.2) is 25.3 Å². The van der Waals surface area contributed by atoms with Crippen LogP contribution < -0.4 is 14.9 Å². The SMILES string of the molecule is CC/C(=N/NC(=O)COc1cccc(C)c1)c1ccc(OC)cc1. The van der Waals surface area contributed by atoms with Crippen molar-refractivity contribution in [3.05, 3.63) is 59.7 Å². The standard InChI is InChI=1S/C19H22N2O3/c1-4-18(15-8-10-16(23-3)11-9-15)20-21-19(22)13-24-17-7-5-6-14(2)12-17/h5-12H,4,13H2,1-3H3,(H,21,22)/b20-18-. The van der Waals surface area contributed by atoms with Crippen LogP contribution in [0.1, 0.15) is 24.5 Å². The lowest BCUT2D eigenvalue weighted by molar-refractivity contribution is -0.123. The molecule has 0 aliphatic heterocycles. The van der Waals surface area contributed by atoms with Gasteiger partial charge in [-0.15, -0.1) is 0 Å². The van der Waals surface area contributed by atoms with Crippen LogP contribution in [0.3, 0.4) is 0 Å². The molecule has 0 heterocycles. The van der Waals surface area contributed by atoms with Crippen molar-refractivity contribution in [3.8, 4) is 11.5 Å². The fraction of sp³-hybridized carbons (Fsp3) is 0.263. The number of hydrogen-bond acceptors (Lipinski definition) is 4. The summed E-state index contributed by atoms with van der Waals surface area (Å²) in [6.07, 6.45) is 0.700. The van der Waals surface area contributed by atoms with Gasteiger partial charge >= 0.3 is 0 Å². The predicted molar refractivity (Wildman–Crippen MR) is 94.6 cm³/mol. The Labute approximate surface area is 142 Å². The number of amides is 1. The second kappa shape index (κ2) is 8.72. The number of methoxy groups -OCH3 is 1. The molecule has 0 saturated carbocycles. The zero-order valence-electron chi connectivity index (χ0n) is 14.2. The van der Waals surface area contributed by atoms with Gasteiger partial charge in [-0.3, -0.25) is 4.79 Å². The van der Waals surface area contributed by atoms with Gasteiger partial charge in [-0.1, -0.05) is 19.1 Å². The Morgan fingerprint density at radius 3 is 2.50 bits per heavy atom. The summed E-state index contributed by atoms with van der Waals surface area (Å²) in [5.74, 6) is 1.15. The lowest BCUT2D eigenvalue weighted by atomic mass is 10.1. The first-order chi connectivity index (χ1) is 11.6. The van der Waals surface area contributed by atoms with Crippen molar-refractivity contribution in [1.29, 1.82) is 0 Å². The second-order valence-electron chi connectivity index (χ2n) is 5.28. The maximum Gasteiger partial charge on any atom is 0.277 e. The second-order valence-corrected chi connectivity index (χ2v) is 5.28. The van der Waals surface area contributed by atoms with Gasteiger partial charge in [0.2, 0.25) is 0 Å². The lowest BCUT2D eigenvalue weighted by Gasteiger charge is -2.08. The summed E-state index contributed by atoms with van der Waals surface area (Å²) in [6, 6.07) is 15.1. The third-order valence-corrected chi connectivity index (χ3v) is 3.43. The summed E-state index contributed by atoms with van der Waals surface area (Å²) in [6.45, 7) is 3.88. The molecule has 1 amide bonds. The molecule has 2 rings (SSSR count). The van der Waals surface area contributed by atoms with Crippen LogP contribution in [0, 0.1) is 6.92 Å². The average Bonchev–Trinajstić information content (AvgIpc) is 2.61. The van der Waals surface area contributed by atoms with Crippen molar-refractivity contribution < 1.29 is 14.3 Å². The largest absolute Gasteiger partial charge is 0.497 e. The molecule has 0 fully saturated rings. The van der Waals surface area contributed by atoms with Gasteiger partial charge in [0.1, 0.15) is 11.5 Å². The van der Waals surface area contributed by atoms with Gasteiger partial charge in [-0.2, -0.15) is 5.10 Å². The van der Waals surface area contributed by atoms with E-state index >= 15 is 0 Å². The van der Waals surface area contributed by atoms with Crippen LogP contribution in [0.2, 0.25) is 0 Å². The number of carbonyl (C=O) groups excluding carboxylic acids is 1.